The van der Waals surface area contributed by atoms with E-state index in [1.165, 1.54) is 57.3 Å². The molecule has 1 aromatic rings. The summed E-state index contributed by atoms with van der Waals surface area (Å²) < 4.78 is 0. The molecule has 0 unspecified atom stereocenters. The molecule has 2 atom stereocenters. The maximum Gasteiger partial charge on any atom is 0.225 e. The third-order valence-electron chi connectivity index (χ3n) is 5.78. The van der Waals surface area contributed by atoms with Crippen molar-refractivity contribution in [1.82, 2.24) is 19.8 Å². The van der Waals surface area contributed by atoms with E-state index < -0.39 is 0 Å². The first-order valence-electron chi connectivity index (χ1n) is 9.33. The van der Waals surface area contributed by atoms with Crippen molar-refractivity contribution in [2.24, 2.45) is 0 Å². The van der Waals surface area contributed by atoms with E-state index in [0.717, 1.165) is 31.6 Å². The summed E-state index contributed by atoms with van der Waals surface area (Å²) in [6, 6.07) is 1.41. The van der Waals surface area contributed by atoms with E-state index in [1.807, 2.05) is 12.4 Å². The van der Waals surface area contributed by atoms with Gasteiger partial charge in [0, 0.05) is 62.8 Å². The van der Waals surface area contributed by atoms with Crippen molar-refractivity contribution in [3.8, 4) is 0 Å². The minimum Gasteiger partial charge on any atom is -0.341 e. The first-order valence-corrected chi connectivity index (χ1v) is 9.33. The molecular formula is C18H29N5. The Morgan fingerprint density at radius 2 is 1.78 bits per heavy atom. The molecular weight excluding hydrogens is 286 g/mol. The van der Waals surface area contributed by atoms with Crippen molar-refractivity contribution >= 4 is 5.95 Å². The molecule has 0 bridgehead atoms. The first kappa shape index (κ1) is 15.3. The van der Waals surface area contributed by atoms with Gasteiger partial charge in [0.05, 0.1) is 0 Å². The Kier molecular flexibility index (Phi) is 4.49. The lowest BCUT2D eigenvalue weighted by Gasteiger charge is -2.42. The van der Waals surface area contributed by atoms with E-state index in [2.05, 4.69) is 31.6 Å². The fourth-order valence-electron chi connectivity index (χ4n) is 4.39. The third kappa shape index (κ3) is 3.36. The number of aromatic nitrogens is 2. The van der Waals surface area contributed by atoms with E-state index in [9.17, 15) is 0 Å². The van der Waals surface area contributed by atoms with Gasteiger partial charge in [0.1, 0.15) is 0 Å². The average molecular weight is 315 g/mol. The Labute approximate surface area is 139 Å². The summed E-state index contributed by atoms with van der Waals surface area (Å²) in [6.45, 7) is 9.30. The maximum absolute atomic E-state index is 4.64. The normalized spacial score (nSPS) is 29.7. The second-order valence-electron chi connectivity index (χ2n) is 7.51. The van der Waals surface area contributed by atoms with Gasteiger partial charge in [0.2, 0.25) is 5.95 Å². The molecule has 3 fully saturated rings. The lowest BCUT2D eigenvalue weighted by Crippen LogP contribution is -2.54. The summed E-state index contributed by atoms with van der Waals surface area (Å²) in [5, 5.41) is 0. The summed E-state index contributed by atoms with van der Waals surface area (Å²) in [5.41, 5.74) is 1.25. The quantitative estimate of drug-likeness (QED) is 0.854. The fraction of sp³-hybridized carbons (Fsp3) is 0.778. The Morgan fingerprint density at radius 3 is 2.57 bits per heavy atom. The number of anilines is 1. The topological polar surface area (TPSA) is 35.5 Å². The van der Waals surface area contributed by atoms with Crippen LogP contribution in [0, 0.1) is 0 Å². The van der Waals surface area contributed by atoms with E-state index in [-0.39, 0.29) is 0 Å². The molecule has 1 aromatic heterocycles. The molecule has 0 saturated carbocycles. The van der Waals surface area contributed by atoms with Crippen molar-refractivity contribution in [3.05, 3.63) is 18.0 Å². The number of piperazine rings is 1. The molecule has 4 heterocycles. The van der Waals surface area contributed by atoms with Gasteiger partial charge < -0.3 is 4.90 Å². The van der Waals surface area contributed by atoms with Crippen LogP contribution in [0.15, 0.2) is 12.4 Å². The number of hydrogen-bond acceptors (Lipinski definition) is 5. The molecule has 0 spiro atoms. The second kappa shape index (κ2) is 6.73. The monoisotopic (exact) mass is 315 g/mol. The molecule has 3 aliphatic heterocycles. The number of hydrogen-bond donors (Lipinski definition) is 0. The molecule has 0 aromatic carbocycles. The van der Waals surface area contributed by atoms with Gasteiger partial charge in [-0.15, -0.1) is 0 Å². The molecule has 5 heteroatoms. The van der Waals surface area contributed by atoms with Crippen LogP contribution >= 0.6 is 0 Å². The largest absolute Gasteiger partial charge is 0.341 e. The predicted molar refractivity (Wildman–Crippen MR) is 92.6 cm³/mol. The number of rotatable bonds is 3. The van der Waals surface area contributed by atoms with Crippen LogP contribution in [0.3, 0.4) is 0 Å². The van der Waals surface area contributed by atoms with Gasteiger partial charge in [-0.3, -0.25) is 9.80 Å². The number of nitrogens with zero attached hydrogens (tertiary/aromatic N) is 5. The molecule has 4 rings (SSSR count). The van der Waals surface area contributed by atoms with Crippen LogP contribution in [0.25, 0.3) is 0 Å². The maximum atomic E-state index is 4.64. The van der Waals surface area contributed by atoms with Crippen LogP contribution in [0.2, 0.25) is 0 Å². The van der Waals surface area contributed by atoms with Crippen LogP contribution in [0.4, 0.5) is 5.95 Å². The van der Waals surface area contributed by atoms with Gasteiger partial charge in [0.25, 0.3) is 0 Å². The van der Waals surface area contributed by atoms with Crippen LogP contribution < -0.4 is 4.90 Å². The van der Waals surface area contributed by atoms with Crippen molar-refractivity contribution in [2.75, 3.05) is 37.6 Å². The van der Waals surface area contributed by atoms with Crippen LogP contribution in [-0.4, -0.2) is 64.6 Å². The number of fused-ring (bicyclic) bond motifs is 1. The van der Waals surface area contributed by atoms with E-state index in [4.69, 9.17) is 0 Å². The Morgan fingerprint density at radius 1 is 1.00 bits per heavy atom. The summed E-state index contributed by atoms with van der Waals surface area (Å²) in [7, 11) is 0. The highest BCUT2D eigenvalue weighted by Gasteiger charge is 2.34. The summed E-state index contributed by atoms with van der Waals surface area (Å²) in [4.78, 5) is 16.9. The Bertz CT molecular complexity index is 511. The van der Waals surface area contributed by atoms with Gasteiger partial charge in [0.15, 0.2) is 0 Å². The standard InChI is InChI=1S/C18H29N5/c1-15-12-22-9-5-6-17(22)14-23(15)13-16-10-19-18(20-11-16)21-7-3-2-4-8-21/h10-11,15,17H,2-9,12-14H2,1H3/t15-,17+/m1/s1. The zero-order valence-corrected chi connectivity index (χ0v) is 14.3. The highest BCUT2D eigenvalue weighted by Crippen LogP contribution is 2.25. The van der Waals surface area contributed by atoms with Crippen molar-refractivity contribution in [3.63, 3.8) is 0 Å². The lowest BCUT2D eigenvalue weighted by molar-refractivity contribution is 0.0539. The van der Waals surface area contributed by atoms with E-state index >= 15 is 0 Å². The van der Waals surface area contributed by atoms with Crippen LogP contribution in [-0.2, 0) is 6.54 Å². The van der Waals surface area contributed by atoms with Gasteiger partial charge in [-0.05, 0) is 45.6 Å². The minimum atomic E-state index is 0.631. The molecule has 3 saturated heterocycles. The highest BCUT2D eigenvalue weighted by molar-refractivity contribution is 5.30. The molecule has 126 valence electrons. The fourth-order valence-corrected chi connectivity index (χ4v) is 4.39. The van der Waals surface area contributed by atoms with E-state index in [0.29, 0.717) is 6.04 Å². The summed E-state index contributed by atoms with van der Waals surface area (Å²) >= 11 is 0. The van der Waals surface area contributed by atoms with Gasteiger partial charge in [-0.1, -0.05) is 0 Å². The minimum absolute atomic E-state index is 0.631. The first-order chi connectivity index (χ1) is 11.3. The zero-order chi connectivity index (χ0) is 15.6. The zero-order valence-electron chi connectivity index (χ0n) is 14.3. The van der Waals surface area contributed by atoms with Crippen molar-refractivity contribution in [1.29, 1.82) is 0 Å². The molecule has 5 nitrogen and oxygen atoms in total. The molecule has 0 amide bonds. The second-order valence-corrected chi connectivity index (χ2v) is 7.51. The SMILES string of the molecule is C[C@@H]1CN2CCC[C@H]2CN1Cc1cnc(N2CCCCC2)nc1. The van der Waals surface area contributed by atoms with Crippen LogP contribution in [0.1, 0.15) is 44.6 Å². The van der Waals surface area contributed by atoms with Crippen LogP contribution in [0.5, 0.6) is 0 Å². The molecule has 3 aliphatic rings. The molecule has 0 aliphatic carbocycles. The van der Waals surface area contributed by atoms with E-state index in [1.54, 1.807) is 0 Å². The molecule has 23 heavy (non-hydrogen) atoms. The smallest absolute Gasteiger partial charge is 0.225 e. The Balaban J connectivity index is 1.38. The van der Waals surface area contributed by atoms with Gasteiger partial charge in [-0.2, -0.15) is 0 Å². The Hall–Kier alpha value is -1.20. The lowest BCUT2D eigenvalue weighted by atomic mass is 10.1. The van der Waals surface area contributed by atoms with Gasteiger partial charge in [-0.25, -0.2) is 9.97 Å². The summed E-state index contributed by atoms with van der Waals surface area (Å²) in [6.07, 6.45) is 10.7. The third-order valence-corrected chi connectivity index (χ3v) is 5.78. The van der Waals surface area contributed by atoms with Crippen molar-refractivity contribution in [2.45, 2.75) is 57.7 Å². The van der Waals surface area contributed by atoms with Gasteiger partial charge >= 0.3 is 0 Å². The number of piperidine rings is 1. The average Bonchev–Trinajstić information content (AvgIpc) is 3.04. The predicted octanol–water partition coefficient (Wildman–Crippen LogP) is 2.14. The highest BCUT2D eigenvalue weighted by atomic mass is 15.3. The molecule has 0 N–H and O–H groups in total. The summed E-state index contributed by atoms with van der Waals surface area (Å²) in [5.74, 6) is 0.919. The molecule has 0 radical (unpaired) electrons. The van der Waals surface area contributed by atoms with Crippen molar-refractivity contribution < 1.29 is 0 Å².